The second-order valence-electron chi connectivity index (χ2n) is 6.72. The Labute approximate surface area is 191 Å². The summed E-state index contributed by atoms with van der Waals surface area (Å²) >= 11 is 6.12. The lowest BCUT2D eigenvalue weighted by Crippen LogP contribution is -2.40. The third-order valence-corrected chi connectivity index (χ3v) is 6.92. The maximum absolute atomic E-state index is 12.9. The van der Waals surface area contributed by atoms with E-state index in [2.05, 4.69) is 5.32 Å². The number of esters is 1. The molecular formula is C21H23ClN2O7S. The standard InChI is InChI=1S/C21H23ClN2O7S/c1-2-30-18-6-4-3-5-16(18)21(26)31-14-20(25)23-15-7-8-17(22)19(13-15)32(27,28)24-9-11-29-12-10-24/h3-8,13H,2,9-12,14H2,1H3,(H,23,25). The molecule has 0 saturated carbocycles. The number of ether oxygens (including phenoxy) is 3. The van der Waals surface area contributed by atoms with Crippen LogP contribution in [0.3, 0.4) is 0 Å². The summed E-state index contributed by atoms with van der Waals surface area (Å²) in [6, 6.07) is 10.7. The predicted octanol–water partition coefficient (Wildman–Crippen LogP) is 2.56. The molecule has 0 bridgehead atoms. The van der Waals surface area contributed by atoms with Gasteiger partial charge in [-0.05, 0) is 37.3 Å². The number of morpholine rings is 1. The van der Waals surface area contributed by atoms with Crippen molar-refractivity contribution in [1.82, 2.24) is 4.31 Å². The Morgan fingerprint density at radius 1 is 1.16 bits per heavy atom. The molecule has 2 aromatic carbocycles. The average Bonchev–Trinajstić information content (AvgIpc) is 2.80. The van der Waals surface area contributed by atoms with Crippen molar-refractivity contribution < 1.29 is 32.2 Å². The molecule has 1 amide bonds. The summed E-state index contributed by atoms with van der Waals surface area (Å²) in [4.78, 5) is 24.5. The predicted molar refractivity (Wildman–Crippen MR) is 118 cm³/mol. The normalized spacial score (nSPS) is 14.6. The van der Waals surface area contributed by atoms with Gasteiger partial charge in [0.15, 0.2) is 6.61 Å². The van der Waals surface area contributed by atoms with E-state index >= 15 is 0 Å². The van der Waals surface area contributed by atoms with E-state index < -0.39 is 28.5 Å². The van der Waals surface area contributed by atoms with Crippen molar-refractivity contribution in [2.24, 2.45) is 0 Å². The zero-order chi connectivity index (χ0) is 23.1. The summed E-state index contributed by atoms with van der Waals surface area (Å²) in [5, 5.41) is 2.55. The lowest BCUT2D eigenvalue weighted by molar-refractivity contribution is -0.119. The smallest absolute Gasteiger partial charge is 0.342 e. The van der Waals surface area contributed by atoms with Gasteiger partial charge in [-0.2, -0.15) is 4.31 Å². The number of hydrogen-bond acceptors (Lipinski definition) is 7. The zero-order valence-electron chi connectivity index (χ0n) is 17.4. The number of para-hydroxylation sites is 1. The molecule has 1 heterocycles. The first kappa shape index (κ1) is 24.0. The number of anilines is 1. The van der Waals surface area contributed by atoms with E-state index in [9.17, 15) is 18.0 Å². The topological polar surface area (TPSA) is 111 Å². The van der Waals surface area contributed by atoms with Gasteiger partial charge in [-0.1, -0.05) is 23.7 Å². The van der Waals surface area contributed by atoms with E-state index in [1.54, 1.807) is 25.1 Å². The average molecular weight is 483 g/mol. The second-order valence-corrected chi connectivity index (χ2v) is 9.03. The fourth-order valence-corrected chi connectivity index (χ4v) is 4.94. The van der Waals surface area contributed by atoms with Crippen LogP contribution in [0.15, 0.2) is 47.4 Å². The van der Waals surface area contributed by atoms with Gasteiger partial charge in [0.05, 0.1) is 24.8 Å². The first-order chi connectivity index (χ1) is 15.3. The Hall–Kier alpha value is -2.66. The molecule has 0 spiro atoms. The third kappa shape index (κ3) is 5.77. The molecule has 1 fully saturated rings. The Morgan fingerprint density at radius 3 is 2.59 bits per heavy atom. The van der Waals surface area contributed by atoms with E-state index in [4.69, 9.17) is 25.8 Å². The van der Waals surface area contributed by atoms with Crippen molar-refractivity contribution in [2.45, 2.75) is 11.8 Å². The van der Waals surface area contributed by atoms with E-state index in [1.165, 1.54) is 28.6 Å². The zero-order valence-corrected chi connectivity index (χ0v) is 18.9. The quantitative estimate of drug-likeness (QED) is 0.575. The largest absolute Gasteiger partial charge is 0.493 e. The van der Waals surface area contributed by atoms with Gasteiger partial charge < -0.3 is 19.5 Å². The Bertz CT molecular complexity index is 1090. The minimum Gasteiger partial charge on any atom is -0.493 e. The number of sulfonamides is 1. The fourth-order valence-electron chi connectivity index (χ4n) is 3.03. The number of nitrogens with zero attached hydrogens (tertiary/aromatic N) is 1. The fraction of sp³-hybridized carbons (Fsp3) is 0.333. The molecule has 1 aliphatic heterocycles. The highest BCUT2D eigenvalue weighted by Crippen LogP contribution is 2.28. The lowest BCUT2D eigenvalue weighted by atomic mass is 10.2. The summed E-state index contributed by atoms with van der Waals surface area (Å²) in [7, 11) is -3.85. The van der Waals surface area contributed by atoms with Crippen LogP contribution in [0, 0.1) is 0 Å². The second kappa shape index (κ2) is 10.8. The monoisotopic (exact) mass is 482 g/mol. The van der Waals surface area contributed by atoms with Gasteiger partial charge in [0.25, 0.3) is 5.91 Å². The van der Waals surface area contributed by atoms with E-state index in [0.29, 0.717) is 25.6 Å². The summed E-state index contributed by atoms with van der Waals surface area (Å²) in [5.74, 6) is -0.990. The van der Waals surface area contributed by atoms with Crippen LogP contribution in [-0.2, 0) is 24.3 Å². The highest BCUT2D eigenvalue weighted by Gasteiger charge is 2.28. The molecule has 32 heavy (non-hydrogen) atoms. The van der Waals surface area contributed by atoms with Crippen molar-refractivity contribution in [2.75, 3.05) is 44.8 Å². The molecule has 0 aliphatic carbocycles. The molecule has 1 saturated heterocycles. The Morgan fingerprint density at radius 2 is 1.88 bits per heavy atom. The number of carbonyl (C=O) groups excluding carboxylic acids is 2. The highest BCUT2D eigenvalue weighted by molar-refractivity contribution is 7.89. The van der Waals surface area contributed by atoms with Gasteiger partial charge in [0.2, 0.25) is 10.0 Å². The molecule has 1 N–H and O–H groups in total. The van der Waals surface area contributed by atoms with Crippen LogP contribution in [0.4, 0.5) is 5.69 Å². The molecular weight excluding hydrogens is 460 g/mol. The first-order valence-corrected chi connectivity index (χ1v) is 11.7. The number of amides is 1. The summed E-state index contributed by atoms with van der Waals surface area (Å²) in [6.07, 6.45) is 0. The molecule has 0 radical (unpaired) electrons. The van der Waals surface area contributed by atoms with Gasteiger partial charge in [0, 0.05) is 18.8 Å². The molecule has 0 atom stereocenters. The number of benzene rings is 2. The van der Waals surface area contributed by atoms with Crippen LogP contribution < -0.4 is 10.1 Å². The van der Waals surface area contributed by atoms with E-state index in [1.807, 2.05) is 0 Å². The third-order valence-electron chi connectivity index (χ3n) is 4.54. The van der Waals surface area contributed by atoms with Crippen LogP contribution in [0.1, 0.15) is 17.3 Å². The van der Waals surface area contributed by atoms with Crippen LogP contribution in [0.25, 0.3) is 0 Å². The highest BCUT2D eigenvalue weighted by atomic mass is 35.5. The number of rotatable bonds is 8. The summed E-state index contributed by atoms with van der Waals surface area (Å²) < 4.78 is 42.7. The maximum atomic E-state index is 12.9. The molecule has 0 unspecified atom stereocenters. The minimum atomic E-state index is -3.85. The van der Waals surface area contributed by atoms with Crippen molar-refractivity contribution in [3.8, 4) is 5.75 Å². The van der Waals surface area contributed by atoms with E-state index in [-0.39, 0.29) is 34.3 Å². The lowest BCUT2D eigenvalue weighted by Gasteiger charge is -2.26. The Kier molecular flexibility index (Phi) is 8.08. The molecule has 3 rings (SSSR count). The summed E-state index contributed by atoms with van der Waals surface area (Å²) in [6.45, 7) is 2.62. The van der Waals surface area contributed by atoms with Crippen LogP contribution in [0.5, 0.6) is 5.75 Å². The van der Waals surface area contributed by atoms with Gasteiger partial charge in [0.1, 0.15) is 16.2 Å². The van der Waals surface area contributed by atoms with Crippen LogP contribution in [-0.4, -0.2) is 64.1 Å². The van der Waals surface area contributed by atoms with Crippen molar-refractivity contribution in [1.29, 1.82) is 0 Å². The first-order valence-electron chi connectivity index (χ1n) is 9.89. The van der Waals surface area contributed by atoms with Crippen molar-refractivity contribution in [3.63, 3.8) is 0 Å². The number of nitrogens with one attached hydrogen (secondary N) is 1. The molecule has 2 aromatic rings. The number of halogens is 1. The van der Waals surface area contributed by atoms with Crippen LogP contribution >= 0.6 is 11.6 Å². The summed E-state index contributed by atoms with van der Waals surface area (Å²) in [5.41, 5.74) is 0.407. The van der Waals surface area contributed by atoms with Crippen molar-refractivity contribution in [3.05, 3.63) is 53.1 Å². The van der Waals surface area contributed by atoms with E-state index in [0.717, 1.165) is 0 Å². The molecule has 0 aromatic heterocycles. The van der Waals surface area contributed by atoms with Crippen molar-refractivity contribution >= 4 is 39.2 Å². The van der Waals surface area contributed by atoms with Gasteiger partial charge in [-0.15, -0.1) is 0 Å². The minimum absolute atomic E-state index is 0.0356. The Balaban J connectivity index is 1.66. The van der Waals surface area contributed by atoms with Gasteiger partial charge in [-0.25, -0.2) is 13.2 Å². The van der Waals surface area contributed by atoms with Crippen LogP contribution in [0.2, 0.25) is 5.02 Å². The molecule has 11 heteroatoms. The molecule has 172 valence electrons. The number of hydrogen-bond donors (Lipinski definition) is 1. The SMILES string of the molecule is CCOc1ccccc1C(=O)OCC(=O)Nc1ccc(Cl)c(S(=O)(=O)N2CCOCC2)c1. The molecule has 1 aliphatic rings. The maximum Gasteiger partial charge on any atom is 0.342 e. The molecule has 9 nitrogen and oxygen atoms in total. The van der Waals surface area contributed by atoms with Gasteiger partial charge in [-0.3, -0.25) is 4.79 Å². The van der Waals surface area contributed by atoms with Gasteiger partial charge >= 0.3 is 5.97 Å². The number of carbonyl (C=O) groups is 2.